The van der Waals surface area contributed by atoms with Crippen LogP contribution in [0.3, 0.4) is 0 Å². The van der Waals surface area contributed by atoms with Gasteiger partial charge in [0.15, 0.2) is 0 Å². The van der Waals surface area contributed by atoms with Crippen molar-refractivity contribution in [3.05, 3.63) is 68.2 Å². The Balaban J connectivity index is 1.88. The zero-order valence-corrected chi connectivity index (χ0v) is 15.4. The lowest BCUT2D eigenvalue weighted by Crippen LogP contribution is -2.47. The van der Waals surface area contributed by atoms with Crippen molar-refractivity contribution in [3.63, 3.8) is 0 Å². The number of rotatable bonds is 4. The molecule has 27 heavy (non-hydrogen) atoms. The average Bonchev–Trinajstić information content (AvgIpc) is 2.58. The number of amides is 1. The first kappa shape index (κ1) is 17.8. The molecule has 1 atom stereocenters. The Kier molecular flexibility index (Phi) is 4.30. The van der Waals surface area contributed by atoms with Crippen molar-refractivity contribution < 1.29 is 14.5 Å². The number of primary amides is 1. The van der Waals surface area contributed by atoms with E-state index in [1.807, 2.05) is 12.1 Å². The van der Waals surface area contributed by atoms with E-state index in [4.69, 9.17) is 22.1 Å². The highest BCUT2D eigenvalue weighted by molar-refractivity contribution is 6.30. The van der Waals surface area contributed by atoms with Crippen LogP contribution in [0.1, 0.15) is 48.3 Å². The monoisotopic (exact) mass is 386 g/mol. The number of hydrogen-bond donors (Lipinski definition) is 1. The highest BCUT2D eigenvalue weighted by Gasteiger charge is 2.47. The maximum atomic E-state index is 11.9. The molecule has 0 aromatic heterocycles. The first-order chi connectivity index (χ1) is 12.9. The van der Waals surface area contributed by atoms with Crippen LogP contribution in [0.4, 0.5) is 5.69 Å². The summed E-state index contributed by atoms with van der Waals surface area (Å²) >= 11 is 6.20. The van der Waals surface area contributed by atoms with Gasteiger partial charge in [-0.2, -0.15) is 0 Å². The number of nitro groups is 1. The van der Waals surface area contributed by atoms with Gasteiger partial charge in [0.2, 0.25) is 5.91 Å². The van der Waals surface area contributed by atoms with Crippen molar-refractivity contribution in [1.29, 1.82) is 0 Å². The quantitative estimate of drug-likeness (QED) is 0.631. The molecule has 1 aliphatic heterocycles. The van der Waals surface area contributed by atoms with Gasteiger partial charge in [-0.3, -0.25) is 14.9 Å². The summed E-state index contributed by atoms with van der Waals surface area (Å²) in [6.07, 6.45) is 3.43. The van der Waals surface area contributed by atoms with Gasteiger partial charge in [-0.25, -0.2) is 0 Å². The van der Waals surface area contributed by atoms with Crippen LogP contribution in [-0.2, 0) is 11.2 Å². The van der Waals surface area contributed by atoms with Gasteiger partial charge >= 0.3 is 0 Å². The molecular weight excluding hydrogens is 368 g/mol. The maximum Gasteiger partial charge on any atom is 0.276 e. The molecule has 0 saturated heterocycles. The molecule has 7 heteroatoms. The minimum absolute atomic E-state index is 0.0383. The van der Waals surface area contributed by atoms with E-state index in [1.54, 1.807) is 24.3 Å². The molecule has 2 aliphatic rings. The summed E-state index contributed by atoms with van der Waals surface area (Å²) in [5.74, 6) is -0.0907. The molecule has 140 valence electrons. The lowest BCUT2D eigenvalue weighted by molar-refractivity contribution is -0.386. The Morgan fingerprint density at radius 1 is 1.30 bits per heavy atom. The zero-order valence-electron chi connectivity index (χ0n) is 14.6. The van der Waals surface area contributed by atoms with Gasteiger partial charge < -0.3 is 10.5 Å². The molecule has 1 heterocycles. The van der Waals surface area contributed by atoms with Gasteiger partial charge in [-0.05, 0) is 43.9 Å². The molecule has 0 bridgehead atoms. The van der Waals surface area contributed by atoms with E-state index in [-0.39, 0.29) is 23.6 Å². The first-order valence-electron chi connectivity index (χ1n) is 8.91. The van der Waals surface area contributed by atoms with Crippen molar-refractivity contribution in [2.45, 2.75) is 43.6 Å². The minimum Gasteiger partial charge on any atom is -0.487 e. The van der Waals surface area contributed by atoms with Gasteiger partial charge in [0, 0.05) is 27.6 Å². The lowest BCUT2D eigenvalue weighted by atomic mass is 9.69. The van der Waals surface area contributed by atoms with Gasteiger partial charge in [-0.15, -0.1) is 0 Å². The number of carbonyl (C=O) groups is 1. The van der Waals surface area contributed by atoms with Crippen molar-refractivity contribution in [3.8, 4) is 5.75 Å². The smallest absolute Gasteiger partial charge is 0.276 e. The van der Waals surface area contributed by atoms with E-state index < -0.39 is 10.8 Å². The van der Waals surface area contributed by atoms with Crippen molar-refractivity contribution in [2.75, 3.05) is 0 Å². The van der Waals surface area contributed by atoms with E-state index in [1.165, 1.54) is 0 Å². The van der Waals surface area contributed by atoms with Crippen LogP contribution in [0.25, 0.3) is 0 Å². The lowest BCUT2D eigenvalue weighted by Gasteiger charge is -2.48. The summed E-state index contributed by atoms with van der Waals surface area (Å²) < 4.78 is 6.25. The van der Waals surface area contributed by atoms with E-state index >= 15 is 0 Å². The number of benzene rings is 2. The fourth-order valence-electron chi connectivity index (χ4n) is 4.24. The summed E-state index contributed by atoms with van der Waals surface area (Å²) in [7, 11) is 0. The summed E-state index contributed by atoms with van der Waals surface area (Å²) in [6, 6.07) is 10.5. The molecule has 1 saturated carbocycles. The molecule has 1 amide bonds. The Morgan fingerprint density at radius 3 is 2.70 bits per heavy atom. The highest BCUT2D eigenvalue weighted by Crippen LogP contribution is 2.53. The van der Waals surface area contributed by atoms with E-state index in [2.05, 4.69) is 0 Å². The largest absolute Gasteiger partial charge is 0.487 e. The van der Waals surface area contributed by atoms with Crippen molar-refractivity contribution in [2.24, 2.45) is 5.73 Å². The number of nitrogens with two attached hydrogens (primary N) is 1. The third kappa shape index (κ3) is 3.14. The molecule has 2 N–H and O–H groups in total. The van der Waals surface area contributed by atoms with Gasteiger partial charge in [0.1, 0.15) is 11.4 Å². The molecule has 1 fully saturated rings. The number of nitro benzene ring substituents is 1. The standard InChI is InChI=1S/C20H19ClN2O4/c21-13-5-6-17-15(10-13)16(11-20(27-17)7-2-8-20)14-4-1-3-12(9-18(22)24)19(14)23(25)26/h1,3-6,10,16H,2,7-9,11H2,(H2,22,24). The number of ether oxygens (including phenoxy) is 1. The second-order valence-corrected chi connectivity index (χ2v) is 7.77. The molecule has 1 unspecified atom stereocenters. The SMILES string of the molecule is NC(=O)Cc1cccc(C2CC3(CCC3)Oc3ccc(Cl)cc32)c1[N+](=O)[O-]. The molecular formula is C20H19ClN2O4. The van der Waals surface area contributed by atoms with Crippen LogP contribution in [0.5, 0.6) is 5.75 Å². The maximum absolute atomic E-state index is 11.9. The van der Waals surface area contributed by atoms with Crippen LogP contribution in [0, 0.1) is 10.1 Å². The molecule has 1 spiro atoms. The summed E-state index contributed by atoms with van der Waals surface area (Å²) in [5.41, 5.74) is 6.74. The number of para-hydroxylation sites is 1. The second kappa shape index (κ2) is 6.53. The number of carbonyl (C=O) groups excluding carboxylic acids is 1. The van der Waals surface area contributed by atoms with Gasteiger partial charge in [0.25, 0.3) is 5.69 Å². The fraction of sp³-hybridized carbons (Fsp3) is 0.350. The van der Waals surface area contributed by atoms with Gasteiger partial charge in [0.05, 0.1) is 11.3 Å². The van der Waals surface area contributed by atoms with Crippen LogP contribution in [0.2, 0.25) is 5.02 Å². The molecule has 0 radical (unpaired) electrons. The Morgan fingerprint density at radius 2 is 2.07 bits per heavy atom. The molecule has 1 aliphatic carbocycles. The Hall–Kier alpha value is -2.60. The van der Waals surface area contributed by atoms with Crippen molar-refractivity contribution in [1.82, 2.24) is 0 Å². The van der Waals surface area contributed by atoms with Crippen LogP contribution < -0.4 is 10.5 Å². The van der Waals surface area contributed by atoms with Crippen molar-refractivity contribution >= 4 is 23.2 Å². The predicted molar refractivity (Wildman–Crippen MR) is 101 cm³/mol. The number of fused-ring (bicyclic) bond motifs is 1. The number of halogens is 1. The number of hydrogen-bond acceptors (Lipinski definition) is 4. The summed E-state index contributed by atoms with van der Waals surface area (Å²) in [4.78, 5) is 22.9. The van der Waals surface area contributed by atoms with E-state index in [9.17, 15) is 14.9 Å². The fourth-order valence-corrected chi connectivity index (χ4v) is 4.42. The number of nitrogens with zero attached hydrogens (tertiary/aromatic N) is 1. The average molecular weight is 387 g/mol. The van der Waals surface area contributed by atoms with Gasteiger partial charge in [-0.1, -0.05) is 29.8 Å². The Labute approximate surface area is 161 Å². The summed E-state index contributed by atoms with van der Waals surface area (Å²) in [6.45, 7) is 0. The normalized spacial score (nSPS) is 19.7. The molecule has 2 aromatic carbocycles. The van der Waals surface area contributed by atoms with Crippen LogP contribution >= 0.6 is 11.6 Å². The third-order valence-corrected chi connectivity index (χ3v) is 5.82. The molecule has 6 nitrogen and oxygen atoms in total. The summed E-state index contributed by atoms with van der Waals surface area (Å²) in [5, 5.41) is 12.4. The topological polar surface area (TPSA) is 95.5 Å². The van der Waals surface area contributed by atoms with E-state index in [0.717, 1.165) is 30.6 Å². The first-order valence-corrected chi connectivity index (χ1v) is 9.29. The zero-order chi connectivity index (χ0) is 19.2. The van der Waals surface area contributed by atoms with Crippen LogP contribution in [-0.4, -0.2) is 16.4 Å². The molecule has 4 rings (SSSR count). The minimum atomic E-state index is -0.596. The van der Waals surface area contributed by atoms with E-state index in [0.29, 0.717) is 22.6 Å². The molecule has 2 aromatic rings. The second-order valence-electron chi connectivity index (χ2n) is 7.33. The highest BCUT2D eigenvalue weighted by atomic mass is 35.5. The van der Waals surface area contributed by atoms with Crippen LogP contribution in [0.15, 0.2) is 36.4 Å². The Bertz CT molecular complexity index is 940. The predicted octanol–water partition coefficient (Wildman–Crippen LogP) is 4.11. The third-order valence-electron chi connectivity index (χ3n) is 5.59.